The number of hydrogen-bond acceptors (Lipinski definition) is 3. The number of hydrogen-bond donors (Lipinski definition) is 1. The topological polar surface area (TPSA) is 38.7 Å². The number of rotatable bonds is 3. The van der Waals surface area contributed by atoms with Crippen molar-refractivity contribution in [3.8, 4) is 0 Å². The Morgan fingerprint density at radius 1 is 1.47 bits per heavy atom. The van der Waals surface area contributed by atoms with Crippen molar-refractivity contribution < 1.29 is 14.6 Å². The normalized spacial score (nSPS) is 30.7. The molecule has 3 nitrogen and oxygen atoms in total. The van der Waals surface area contributed by atoms with Crippen LogP contribution in [0.25, 0.3) is 0 Å². The zero-order valence-electron chi connectivity index (χ0n) is 8.85. The van der Waals surface area contributed by atoms with E-state index in [1.165, 1.54) is 0 Å². The van der Waals surface area contributed by atoms with E-state index in [1.54, 1.807) is 0 Å². The van der Waals surface area contributed by atoms with Crippen LogP contribution in [0.4, 0.5) is 0 Å². The monoisotopic (exact) mass is 208 g/mol. The summed E-state index contributed by atoms with van der Waals surface area (Å²) in [6, 6.07) is 9.77. The minimum Gasteiger partial charge on any atom is -0.365 e. The molecule has 0 radical (unpaired) electrons. The lowest BCUT2D eigenvalue weighted by atomic mass is 9.91. The summed E-state index contributed by atoms with van der Waals surface area (Å²) in [6.45, 7) is 3.03. The molecule has 0 spiro atoms. The molecule has 15 heavy (non-hydrogen) atoms. The quantitative estimate of drug-likeness (QED) is 0.821. The second-order valence-electron chi connectivity index (χ2n) is 3.66. The summed E-state index contributed by atoms with van der Waals surface area (Å²) in [5.41, 5.74) is 0.313. The average Bonchev–Trinajstić information content (AvgIpc) is 2.63. The van der Waals surface area contributed by atoms with Gasteiger partial charge in [0.05, 0.1) is 6.61 Å². The first-order valence-electron chi connectivity index (χ1n) is 5.29. The lowest BCUT2D eigenvalue weighted by molar-refractivity contribution is -0.186. The maximum atomic E-state index is 9.88. The molecule has 82 valence electrons. The van der Waals surface area contributed by atoms with Gasteiger partial charge in [0.2, 0.25) is 0 Å². The summed E-state index contributed by atoms with van der Waals surface area (Å²) in [7, 11) is 0. The van der Waals surface area contributed by atoms with E-state index >= 15 is 0 Å². The van der Waals surface area contributed by atoms with Crippen LogP contribution in [-0.2, 0) is 15.1 Å². The molecule has 1 N–H and O–H groups in total. The Labute approximate surface area is 89.6 Å². The molecule has 0 aromatic heterocycles. The molecular weight excluding hydrogens is 192 g/mol. The number of ether oxygens (including phenoxy) is 2. The molecule has 2 atom stereocenters. The highest BCUT2D eigenvalue weighted by Gasteiger charge is 2.45. The molecular formula is C12H16O3. The Morgan fingerprint density at radius 3 is 2.73 bits per heavy atom. The lowest BCUT2D eigenvalue weighted by Crippen LogP contribution is -2.38. The largest absolute Gasteiger partial charge is 0.365 e. The number of benzene rings is 1. The Hall–Kier alpha value is -0.900. The predicted molar refractivity (Wildman–Crippen MR) is 56.3 cm³/mol. The first-order chi connectivity index (χ1) is 7.29. The minimum absolute atomic E-state index is 0.538. The Balaban J connectivity index is 2.34. The maximum absolute atomic E-state index is 9.88. The van der Waals surface area contributed by atoms with Gasteiger partial charge in [-0.15, -0.1) is 0 Å². The van der Waals surface area contributed by atoms with Gasteiger partial charge in [-0.2, -0.15) is 0 Å². The summed E-state index contributed by atoms with van der Waals surface area (Å²) >= 11 is 0. The molecule has 0 saturated carbocycles. The molecule has 2 rings (SSSR count). The van der Waals surface area contributed by atoms with Crippen LogP contribution in [0.2, 0.25) is 0 Å². The summed E-state index contributed by atoms with van der Waals surface area (Å²) in [5.74, 6) is 0. The molecule has 0 bridgehead atoms. The highest BCUT2D eigenvalue weighted by atomic mass is 16.6. The fourth-order valence-electron chi connectivity index (χ4n) is 2.07. The molecule has 1 aromatic rings. The molecule has 0 aliphatic carbocycles. The van der Waals surface area contributed by atoms with Crippen molar-refractivity contribution in [2.75, 3.05) is 13.2 Å². The van der Waals surface area contributed by atoms with Crippen molar-refractivity contribution in [3.05, 3.63) is 35.9 Å². The SMILES string of the molecule is CCO[C@@]1(c2ccccc2)CCOC1O. The third kappa shape index (κ3) is 1.78. The molecule has 1 unspecified atom stereocenters. The smallest absolute Gasteiger partial charge is 0.188 e. The van der Waals surface area contributed by atoms with Crippen molar-refractivity contribution in [1.82, 2.24) is 0 Å². The van der Waals surface area contributed by atoms with E-state index in [0.717, 1.165) is 5.56 Å². The van der Waals surface area contributed by atoms with E-state index in [4.69, 9.17) is 9.47 Å². The van der Waals surface area contributed by atoms with Crippen LogP contribution in [0, 0.1) is 0 Å². The van der Waals surface area contributed by atoms with Crippen molar-refractivity contribution in [1.29, 1.82) is 0 Å². The van der Waals surface area contributed by atoms with Gasteiger partial charge in [-0.25, -0.2) is 0 Å². The van der Waals surface area contributed by atoms with E-state index in [0.29, 0.717) is 19.6 Å². The van der Waals surface area contributed by atoms with Crippen LogP contribution >= 0.6 is 0 Å². The van der Waals surface area contributed by atoms with Crippen molar-refractivity contribution in [2.24, 2.45) is 0 Å². The average molecular weight is 208 g/mol. The molecule has 1 heterocycles. The zero-order valence-corrected chi connectivity index (χ0v) is 8.85. The van der Waals surface area contributed by atoms with Crippen LogP contribution in [0.1, 0.15) is 18.9 Å². The van der Waals surface area contributed by atoms with Gasteiger partial charge in [0.1, 0.15) is 5.60 Å². The van der Waals surface area contributed by atoms with Gasteiger partial charge in [-0.3, -0.25) is 0 Å². The van der Waals surface area contributed by atoms with Crippen LogP contribution in [-0.4, -0.2) is 24.6 Å². The third-order valence-electron chi connectivity index (χ3n) is 2.81. The van der Waals surface area contributed by atoms with Crippen molar-refractivity contribution >= 4 is 0 Å². The van der Waals surface area contributed by atoms with Crippen LogP contribution < -0.4 is 0 Å². The predicted octanol–water partition coefficient (Wildman–Crippen LogP) is 1.66. The van der Waals surface area contributed by atoms with Crippen LogP contribution in [0.3, 0.4) is 0 Å². The second kappa shape index (κ2) is 4.31. The molecule has 1 fully saturated rings. The molecule has 1 aromatic carbocycles. The number of aliphatic hydroxyl groups is 1. The molecule has 1 aliphatic heterocycles. The summed E-state index contributed by atoms with van der Waals surface area (Å²) in [6.07, 6.45) is -0.161. The van der Waals surface area contributed by atoms with Gasteiger partial charge < -0.3 is 14.6 Å². The fourth-order valence-corrected chi connectivity index (χ4v) is 2.07. The molecule has 1 aliphatic rings. The standard InChI is InChI=1S/C12H16O3/c1-2-15-12(8-9-14-11(12)13)10-6-4-3-5-7-10/h3-7,11,13H,2,8-9H2,1H3/t11?,12-/m1/s1. The van der Waals surface area contributed by atoms with Gasteiger partial charge in [0.25, 0.3) is 0 Å². The van der Waals surface area contributed by atoms with E-state index in [-0.39, 0.29) is 0 Å². The summed E-state index contributed by atoms with van der Waals surface area (Å²) < 4.78 is 10.9. The number of aliphatic hydroxyl groups excluding tert-OH is 1. The van der Waals surface area contributed by atoms with E-state index in [9.17, 15) is 5.11 Å². The van der Waals surface area contributed by atoms with Gasteiger partial charge >= 0.3 is 0 Å². The third-order valence-corrected chi connectivity index (χ3v) is 2.81. The summed E-state index contributed by atoms with van der Waals surface area (Å²) in [4.78, 5) is 0. The van der Waals surface area contributed by atoms with Crippen molar-refractivity contribution in [2.45, 2.75) is 25.2 Å². The van der Waals surface area contributed by atoms with Gasteiger partial charge in [-0.05, 0) is 12.5 Å². The zero-order chi connectivity index (χ0) is 10.7. The van der Waals surface area contributed by atoms with Gasteiger partial charge in [-0.1, -0.05) is 30.3 Å². The summed E-state index contributed by atoms with van der Waals surface area (Å²) in [5, 5.41) is 9.88. The Bertz CT molecular complexity index is 312. The lowest BCUT2D eigenvalue weighted by Gasteiger charge is -2.31. The van der Waals surface area contributed by atoms with E-state index in [1.807, 2.05) is 37.3 Å². The first-order valence-corrected chi connectivity index (χ1v) is 5.29. The minimum atomic E-state index is -0.861. The second-order valence-corrected chi connectivity index (χ2v) is 3.66. The molecule has 1 saturated heterocycles. The first kappa shape index (κ1) is 10.6. The van der Waals surface area contributed by atoms with Crippen LogP contribution in [0.15, 0.2) is 30.3 Å². The van der Waals surface area contributed by atoms with Crippen molar-refractivity contribution in [3.63, 3.8) is 0 Å². The Kier molecular flexibility index (Phi) is 3.05. The van der Waals surface area contributed by atoms with E-state index < -0.39 is 11.9 Å². The molecule has 0 amide bonds. The van der Waals surface area contributed by atoms with Gasteiger partial charge in [0, 0.05) is 13.0 Å². The maximum Gasteiger partial charge on any atom is 0.188 e. The Morgan fingerprint density at radius 2 is 2.20 bits per heavy atom. The van der Waals surface area contributed by atoms with E-state index in [2.05, 4.69) is 0 Å². The van der Waals surface area contributed by atoms with Gasteiger partial charge in [0.15, 0.2) is 6.29 Å². The molecule has 3 heteroatoms. The highest BCUT2D eigenvalue weighted by molar-refractivity contribution is 5.24. The van der Waals surface area contributed by atoms with Crippen LogP contribution in [0.5, 0.6) is 0 Å². The fraction of sp³-hybridized carbons (Fsp3) is 0.500. The highest BCUT2D eigenvalue weighted by Crippen LogP contribution is 2.38.